The van der Waals surface area contributed by atoms with Crippen LogP contribution in [-0.4, -0.2) is 31.6 Å². The number of halogens is 1. The lowest BCUT2D eigenvalue weighted by atomic mass is 10.2. The molecule has 2 heterocycles. The van der Waals surface area contributed by atoms with E-state index in [2.05, 4.69) is 25.7 Å². The summed E-state index contributed by atoms with van der Waals surface area (Å²) < 4.78 is 15.1. The summed E-state index contributed by atoms with van der Waals surface area (Å²) in [6.45, 7) is 1.80. The number of benzene rings is 1. The molecule has 132 valence electrons. The van der Waals surface area contributed by atoms with E-state index in [0.29, 0.717) is 11.4 Å². The molecule has 0 saturated carbocycles. The zero-order chi connectivity index (χ0) is 18.5. The van der Waals surface area contributed by atoms with Crippen molar-refractivity contribution in [3.63, 3.8) is 0 Å². The van der Waals surface area contributed by atoms with Crippen LogP contribution in [0.4, 0.5) is 10.1 Å². The van der Waals surface area contributed by atoms with Gasteiger partial charge in [0.25, 0.3) is 0 Å². The van der Waals surface area contributed by atoms with E-state index in [-0.39, 0.29) is 12.2 Å². The molecule has 2 aromatic heterocycles. The van der Waals surface area contributed by atoms with E-state index in [9.17, 15) is 14.0 Å². The van der Waals surface area contributed by atoms with Crippen LogP contribution in [0.15, 0.2) is 49.2 Å². The number of amides is 2. The quantitative estimate of drug-likeness (QED) is 0.689. The number of aromatic nitrogens is 4. The van der Waals surface area contributed by atoms with Gasteiger partial charge in [0, 0.05) is 18.3 Å². The van der Waals surface area contributed by atoms with E-state index in [1.807, 2.05) is 0 Å². The Balaban J connectivity index is 1.66. The van der Waals surface area contributed by atoms with Crippen LogP contribution < -0.4 is 10.6 Å². The minimum atomic E-state index is -0.958. The molecule has 0 spiro atoms. The molecule has 8 nitrogen and oxygen atoms in total. The smallest absolute Gasteiger partial charge is 0.313 e. The van der Waals surface area contributed by atoms with Gasteiger partial charge in [-0.1, -0.05) is 12.1 Å². The summed E-state index contributed by atoms with van der Waals surface area (Å²) in [6, 6.07) is 7.68. The molecule has 0 fully saturated rings. The average molecular weight is 354 g/mol. The molecule has 9 heteroatoms. The van der Waals surface area contributed by atoms with Crippen LogP contribution in [0.3, 0.4) is 0 Å². The van der Waals surface area contributed by atoms with Crippen molar-refractivity contribution in [2.24, 2.45) is 0 Å². The molecule has 0 aliphatic carbocycles. The zero-order valence-electron chi connectivity index (χ0n) is 13.8. The van der Waals surface area contributed by atoms with E-state index >= 15 is 0 Å². The molecule has 0 aliphatic heterocycles. The summed E-state index contributed by atoms with van der Waals surface area (Å²) in [5, 5.41) is 8.73. The molecular weight excluding hydrogens is 339 g/mol. The van der Waals surface area contributed by atoms with Crippen molar-refractivity contribution in [1.82, 2.24) is 25.1 Å². The van der Waals surface area contributed by atoms with Crippen LogP contribution >= 0.6 is 0 Å². The Hall–Kier alpha value is -3.62. The average Bonchev–Trinajstić information content (AvgIpc) is 3.17. The van der Waals surface area contributed by atoms with Gasteiger partial charge in [-0.25, -0.2) is 19.0 Å². The summed E-state index contributed by atoms with van der Waals surface area (Å²) in [5.41, 5.74) is 1.35. The van der Waals surface area contributed by atoms with Crippen LogP contribution in [0.25, 0.3) is 5.82 Å². The lowest BCUT2D eigenvalue weighted by Crippen LogP contribution is -2.35. The number of aryl methyl sites for hydroxylation is 1. The van der Waals surface area contributed by atoms with Crippen LogP contribution in [-0.2, 0) is 16.1 Å². The SMILES string of the molecule is Cc1ccc(F)c(NC(=O)C(=O)NCc2cccnc2-n2cncn2)c1. The van der Waals surface area contributed by atoms with Crippen LogP contribution in [0.1, 0.15) is 11.1 Å². The number of anilines is 1. The summed E-state index contributed by atoms with van der Waals surface area (Å²) in [6.07, 6.45) is 4.41. The minimum Gasteiger partial charge on any atom is -0.344 e. The highest BCUT2D eigenvalue weighted by Gasteiger charge is 2.16. The maximum absolute atomic E-state index is 13.7. The fourth-order valence-electron chi connectivity index (χ4n) is 2.26. The highest BCUT2D eigenvalue weighted by atomic mass is 19.1. The first-order chi connectivity index (χ1) is 12.5. The maximum Gasteiger partial charge on any atom is 0.313 e. The summed E-state index contributed by atoms with van der Waals surface area (Å²) in [7, 11) is 0. The van der Waals surface area contributed by atoms with Crippen molar-refractivity contribution in [2.75, 3.05) is 5.32 Å². The Labute approximate surface area is 148 Å². The van der Waals surface area contributed by atoms with Gasteiger partial charge in [-0.05, 0) is 30.7 Å². The molecule has 0 bridgehead atoms. The molecule has 3 rings (SSSR count). The van der Waals surface area contributed by atoms with Crippen molar-refractivity contribution in [3.05, 3.63) is 66.1 Å². The molecule has 26 heavy (non-hydrogen) atoms. The minimum absolute atomic E-state index is 0.0465. The standard InChI is InChI=1S/C17H15FN6O2/c1-11-4-5-13(18)14(7-11)23-17(26)16(25)21-8-12-3-2-6-20-15(12)24-10-19-9-22-24/h2-7,9-10H,8H2,1H3,(H,21,25)(H,23,26). The molecule has 3 aromatic rings. The molecule has 0 atom stereocenters. The molecule has 2 amide bonds. The third-order valence-electron chi connectivity index (χ3n) is 3.52. The second kappa shape index (κ2) is 7.51. The van der Waals surface area contributed by atoms with Crippen molar-refractivity contribution in [3.8, 4) is 5.82 Å². The third-order valence-corrected chi connectivity index (χ3v) is 3.52. The van der Waals surface area contributed by atoms with E-state index in [1.54, 1.807) is 31.3 Å². The fourth-order valence-corrected chi connectivity index (χ4v) is 2.26. The molecule has 0 saturated heterocycles. The Morgan fingerprint density at radius 3 is 2.85 bits per heavy atom. The first-order valence-corrected chi connectivity index (χ1v) is 7.69. The van der Waals surface area contributed by atoms with Crippen molar-refractivity contribution >= 4 is 17.5 Å². The molecule has 1 aromatic carbocycles. The fraction of sp³-hybridized carbons (Fsp3) is 0.118. The number of nitrogens with zero attached hydrogens (tertiary/aromatic N) is 4. The van der Waals surface area contributed by atoms with Crippen LogP contribution in [0, 0.1) is 12.7 Å². The summed E-state index contributed by atoms with van der Waals surface area (Å²) in [5.74, 6) is -1.98. The maximum atomic E-state index is 13.7. The van der Waals surface area contributed by atoms with Crippen LogP contribution in [0.2, 0.25) is 0 Å². The number of carbonyl (C=O) groups is 2. The van der Waals surface area contributed by atoms with E-state index in [4.69, 9.17) is 0 Å². The number of hydrogen-bond acceptors (Lipinski definition) is 5. The number of pyridine rings is 1. The number of hydrogen-bond donors (Lipinski definition) is 2. The Morgan fingerprint density at radius 1 is 1.23 bits per heavy atom. The van der Waals surface area contributed by atoms with Gasteiger partial charge in [-0.2, -0.15) is 5.10 Å². The topological polar surface area (TPSA) is 102 Å². The van der Waals surface area contributed by atoms with Gasteiger partial charge in [0.2, 0.25) is 0 Å². The van der Waals surface area contributed by atoms with Gasteiger partial charge in [0.15, 0.2) is 5.82 Å². The lowest BCUT2D eigenvalue weighted by Gasteiger charge is -2.10. The van der Waals surface area contributed by atoms with Gasteiger partial charge in [0.05, 0.1) is 5.69 Å². The van der Waals surface area contributed by atoms with Gasteiger partial charge in [-0.3, -0.25) is 9.59 Å². The summed E-state index contributed by atoms with van der Waals surface area (Å²) >= 11 is 0. The van der Waals surface area contributed by atoms with E-state index < -0.39 is 17.6 Å². The monoisotopic (exact) mass is 354 g/mol. The first-order valence-electron chi connectivity index (χ1n) is 7.69. The largest absolute Gasteiger partial charge is 0.344 e. The molecule has 0 unspecified atom stereocenters. The van der Waals surface area contributed by atoms with Gasteiger partial charge >= 0.3 is 11.8 Å². The zero-order valence-corrected chi connectivity index (χ0v) is 13.8. The summed E-state index contributed by atoms with van der Waals surface area (Å²) in [4.78, 5) is 32.0. The first kappa shape index (κ1) is 17.2. The van der Waals surface area contributed by atoms with Crippen LogP contribution in [0.5, 0.6) is 0 Å². The predicted octanol–water partition coefficient (Wildman–Crippen LogP) is 1.36. The second-order valence-electron chi connectivity index (χ2n) is 5.45. The third kappa shape index (κ3) is 3.89. The highest BCUT2D eigenvalue weighted by Crippen LogP contribution is 2.15. The Bertz CT molecular complexity index is 942. The van der Waals surface area contributed by atoms with Gasteiger partial charge in [-0.15, -0.1) is 0 Å². The Morgan fingerprint density at radius 2 is 2.08 bits per heavy atom. The van der Waals surface area contributed by atoms with Crippen molar-refractivity contribution in [1.29, 1.82) is 0 Å². The molecule has 0 aliphatic rings. The van der Waals surface area contributed by atoms with Gasteiger partial charge < -0.3 is 10.6 Å². The van der Waals surface area contributed by atoms with Gasteiger partial charge in [0.1, 0.15) is 18.5 Å². The van der Waals surface area contributed by atoms with Crippen molar-refractivity contribution < 1.29 is 14.0 Å². The van der Waals surface area contributed by atoms with Crippen molar-refractivity contribution in [2.45, 2.75) is 13.5 Å². The predicted molar refractivity (Wildman–Crippen MR) is 90.8 cm³/mol. The lowest BCUT2D eigenvalue weighted by molar-refractivity contribution is -0.136. The molecule has 2 N–H and O–H groups in total. The number of rotatable bonds is 4. The molecular formula is C17H15FN6O2. The molecule has 0 radical (unpaired) electrons. The second-order valence-corrected chi connectivity index (χ2v) is 5.45. The normalized spacial score (nSPS) is 10.4. The van der Waals surface area contributed by atoms with E-state index in [0.717, 1.165) is 5.56 Å². The highest BCUT2D eigenvalue weighted by molar-refractivity contribution is 6.39. The van der Waals surface area contributed by atoms with E-state index in [1.165, 1.54) is 29.5 Å². The number of nitrogens with one attached hydrogen (secondary N) is 2. The number of carbonyl (C=O) groups excluding carboxylic acids is 2. The Kier molecular flexibility index (Phi) is 4.97.